The lowest BCUT2D eigenvalue weighted by Crippen LogP contribution is -2.13. The molecule has 0 aromatic heterocycles. The minimum atomic E-state index is -0.967. The molecule has 0 spiro atoms. The molecule has 1 aliphatic heterocycles. The van der Waals surface area contributed by atoms with E-state index < -0.39 is 11.9 Å². The number of carbonyl (C=O) groups excluding carboxylic acids is 1. The van der Waals surface area contributed by atoms with E-state index in [1.807, 2.05) is 19.1 Å². The summed E-state index contributed by atoms with van der Waals surface area (Å²) in [5, 5.41) is 9.41. The van der Waals surface area contributed by atoms with E-state index in [1.165, 1.54) is 7.11 Å². The van der Waals surface area contributed by atoms with Crippen LogP contribution < -0.4 is 9.47 Å². The number of ketones is 1. The second-order valence-electron chi connectivity index (χ2n) is 6.22. The Kier molecular flexibility index (Phi) is 4.49. The van der Waals surface area contributed by atoms with Crippen molar-refractivity contribution in [3.8, 4) is 11.5 Å². The van der Waals surface area contributed by atoms with Crippen LogP contribution in [0.1, 0.15) is 45.5 Å². The molecule has 0 amide bonds. The van der Waals surface area contributed by atoms with Gasteiger partial charge in [0.2, 0.25) is 5.78 Å². The highest BCUT2D eigenvalue weighted by molar-refractivity contribution is 6.13. The van der Waals surface area contributed by atoms with Gasteiger partial charge in [0.1, 0.15) is 17.1 Å². The minimum absolute atomic E-state index is 0.227. The Bertz CT molecular complexity index is 836. The van der Waals surface area contributed by atoms with Gasteiger partial charge in [-0.05, 0) is 25.5 Å². The molecule has 2 aromatic carbocycles. The SMILES string of the molecule is COc1c(C(C)C(=O)O)cc2c(c1C(=O)c1ccc(C)cc1)OCC2. The van der Waals surface area contributed by atoms with E-state index in [1.54, 1.807) is 25.1 Å². The topological polar surface area (TPSA) is 72.8 Å². The Morgan fingerprint density at radius 2 is 1.92 bits per heavy atom. The number of carboxylic acid groups (broad SMARTS) is 1. The quantitative estimate of drug-likeness (QED) is 0.845. The molecule has 2 aromatic rings. The van der Waals surface area contributed by atoms with Gasteiger partial charge in [-0.25, -0.2) is 0 Å². The number of ether oxygens (including phenoxy) is 2. The van der Waals surface area contributed by atoms with Gasteiger partial charge in [-0.1, -0.05) is 29.8 Å². The predicted octanol–water partition coefficient (Wildman–Crippen LogP) is 3.36. The summed E-state index contributed by atoms with van der Waals surface area (Å²) in [6.07, 6.45) is 0.646. The average molecular weight is 340 g/mol. The highest BCUT2D eigenvalue weighted by Crippen LogP contribution is 2.42. The van der Waals surface area contributed by atoms with E-state index >= 15 is 0 Å². The second-order valence-corrected chi connectivity index (χ2v) is 6.22. The molecule has 130 valence electrons. The first kappa shape index (κ1) is 17.0. The molecule has 0 bridgehead atoms. The monoisotopic (exact) mass is 340 g/mol. The highest BCUT2D eigenvalue weighted by Gasteiger charge is 2.31. The molecular weight excluding hydrogens is 320 g/mol. The Hall–Kier alpha value is -2.82. The number of carbonyl (C=O) groups is 2. The van der Waals surface area contributed by atoms with Crippen LogP contribution >= 0.6 is 0 Å². The molecule has 5 heteroatoms. The normalized spacial score (nSPS) is 13.7. The number of fused-ring (bicyclic) bond motifs is 1. The summed E-state index contributed by atoms with van der Waals surface area (Å²) in [4.78, 5) is 24.6. The van der Waals surface area contributed by atoms with Crippen LogP contribution in [0.25, 0.3) is 0 Å². The first-order chi connectivity index (χ1) is 11.9. The first-order valence-corrected chi connectivity index (χ1v) is 8.14. The molecule has 0 saturated carbocycles. The van der Waals surface area contributed by atoms with Crippen LogP contribution in [-0.2, 0) is 11.2 Å². The Morgan fingerprint density at radius 1 is 1.24 bits per heavy atom. The van der Waals surface area contributed by atoms with Crippen LogP contribution in [0.3, 0.4) is 0 Å². The number of benzene rings is 2. The van der Waals surface area contributed by atoms with E-state index in [0.29, 0.717) is 35.5 Å². The summed E-state index contributed by atoms with van der Waals surface area (Å²) in [6.45, 7) is 4.00. The van der Waals surface area contributed by atoms with Crippen LogP contribution in [0.2, 0.25) is 0 Å². The standard InChI is InChI=1S/C20H20O5/c1-11-4-6-13(7-5-11)17(21)16-18-14(8-9-25-18)10-15(19(16)24-3)12(2)20(22)23/h4-7,10,12H,8-9H2,1-3H3,(H,22,23). The summed E-state index contributed by atoms with van der Waals surface area (Å²) < 4.78 is 11.2. The van der Waals surface area contributed by atoms with Crippen LogP contribution in [0.15, 0.2) is 30.3 Å². The number of hydrogen-bond acceptors (Lipinski definition) is 4. The van der Waals surface area contributed by atoms with Gasteiger partial charge in [-0.15, -0.1) is 0 Å². The van der Waals surface area contributed by atoms with Crippen molar-refractivity contribution in [1.29, 1.82) is 0 Å². The molecule has 0 saturated heterocycles. The molecule has 1 N–H and O–H groups in total. The largest absolute Gasteiger partial charge is 0.496 e. The summed E-state index contributed by atoms with van der Waals surface area (Å²) in [5.41, 5.74) is 3.22. The van der Waals surface area contributed by atoms with E-state index in [0.717, 1.165) is 11.1 Å². The lowest BCUT2D eigenvalue weighted by Gasteiger charge is -2.19. The zero-order valence-electron chi connectivity index (χ0n) is 14.5. The fourth-order valence-corrected chi connectivity index (χ4v) is 3.07. The van der Waals surface area contributed by atoms with E-state index in [2.05, 4.69) is 0 Å². The number of aliphatic carboxylic acids is 1. The van der Waals surface area contributed by atoms with Crippen molar-refractivity contribution in [2.24, 2.45) is 0 Å². The fourth-order valence-electron chi connectivity index (χ4n) is 3.07. The minimum Gasteiger partial charge on any atom is -0.496 e. The second kappa shape index (κ2) is 6.59. The number of rotatable bonds is 5. The van der Waals surface area contributed by atoms with Gasteiger partial charge in [0.25, 0.3) is 0 Å². The lowest BCUT2D eigenvalue weighted by atomic mass is 9.90. The molecule has 25 heavy (non-hydrogen) atoms. The molecule has 5 nitrogen and oxygen atoms in total. The van der Waals surface area contributed by atoms with Crippen LogP contribution in [0.4, 0.5) is 0 Å². The van der Waals surface area contributed by atoms with Gasteiger partial charge in [0.05, 0.1) is 19.6 Å². The van der Waals surface area contributed by atoms with Gasteiger partial charge in [-0.2, -0.15) is 0 Å². The maximum Gasteiger partial charge on any atom is 0.310 e. The van der Waals surface area contributed by atoms with Gasteiger partial charge in [0.15, 0.2) is 0 Å². The van der Waals surface area contributed by atoms with Crippen molar-refractivity contribution in [2.75, 3.05) is 13.7 Å². The fraction of sp³-hybridized carbons (Fsp3) is 0.300. The van der Waals surface area contributed by atoms with Crippen LogP contribution in [-0.4, -0.2) is 30.6 Å². The summed E-state index contributed by atoms with van der Waals surface area (Å²) in [7, 11) is 1.45. The maximum absolute atomic E-state index is 13.1. The number of methoxy groups -OCH3 is 1. The molecule has 1 aliphatic rings. The van der Waals surface area contributed by atoms with Gasteiger partial charge >= 0.3 is 5.97 Å². The smallest absolute Gasteiger partial charge is 0.310 e. The van der Waals surface area contributed by atoms with Crippen molar-refractivity contribution in [3.63, 3.8) is 0 Å². The Labute approximate surface area is 146 Å². The molecule has 0 aliphatic carbocycles. The zero-order valence-corrected chi connectivity index (χ0v) is 14.5. The van der Waals surface area contributed by atoms with Crippen LogP contribution in [0.5, 0.6) is 11.5 Å². The van der Waals surface area contributed by atoms with Gasteiger partial charge < -0.3 is 14.6 Å². The maximum atomic E-state index is 13.1. The zero-order chi connectivity index (χ0) is 18.1. The molecule has 0 fully saturated rings. The van der Waals surface area contributed by atoms with E-state index in [-0.39, 0.29) is 11.5 Å². The molecule has 1 heterocycles. The van der Waals surface area contributed by atoms with Crippen LogP contribution in [0, 0.1) is 6.92 Å². The first-order valence-electron chi connectivity index (χ1n) is 8.14. The Balaban J connectivity index is 2.22. The van der Waals surface area contributed by atoms with Crippen molar-refractivity contribution < 1.29 is 24.2 Å². The lowest BCUT2D eigenvalue weighted by molar-refractivity contribution is -0.138. The van der Waals surface area contributed by atoms with Gasteiger partial charge in [-0.3, -0.25) is 9.59 Å². The van der Waals surface area contributed by atoms with Crippen molar-refractivity contribution in [3.05, 3.63) is 58.1 Å². The summed E-state index contributed by atoms with van der Waals surface area (Å²) in [5.74, 6) is -1.20. The van der Waals surface area contributed by atoms with E-state index in [4.69, 9.17) is 9.47 Å². The van der Waals surface area contributed by atoms with Crippen molar-refractivity contribution in [2.45, 2.75) is 26.2 Å². The van der Waals surface area contributed by atoms with E-state index in [9.17, 15) is 14.7 Å². The predicted molar refractivity (Wildman–Crippen MR) is 92.9 cm³/mol. The number of carboxylic acids is 1. The average Bonchev–Trinajstić information content (AvgIpc) is 3.07. The third-order valence-corrected chi connectivity index (χ3v) is 4.54. The highest BCUT2D eigenvalue weighted by atomic mass is 16.5. The Morgan fingerprint density at radius 3 is 2.52 bits per heavy atom. The summed E-state index contributed by atoms with van der Waals surface area (Å²) >= 11 is 0. The molecule has 1 unspecified atom stereocenters. The third-order valence-electron chi connectivity index (χ3n) is 4.54. The van der Waals surface area contributed by atoms with Crippen molar-refractivity contribution >= 4 is 11.8 Å². The molecular formula is C20H20O5. The summed E-state index contributed by atoms with van der Waals surface area (Å²) in [6, 6.07) is 9.03. The van der Waals surface area contributed by atoms with Crippen molar-refractivity contribution in [1.82, 2.24) is 0 Å². The third kappa shape index (κ3) is 2.97. The number of aryl methyl sites for hydroxylation is 1. The molecule has 0 radical (unpaired) electrons. The number of hydrogen-bond donors (Lipinski definition) is 1. The van der Waals surface area contributed by atoms with Gasteiger partial charge in [0, 0.05) is 17.5 Å². The molecule has 1 atom stereocenters. The molecule has 3 rings (SSSR count).